The molecule has 1 nitrogen and oxygen atoms in total. The lowest BCUT2D eigenvalue weighted by molar-refractivity contribution is -0.120. The fourth-order valence-electron chi connectivity index (χ4n) is 1.11. The Bertz CT molecular complexity index is 251. The van der Waals surface area contributed by atoms with E-state index in [9.17, 15) is 4.79 Å². The first-order valence-corrected chi connectivity index (χ1v) is 5.24. The van der Waals surface area contributed by atoms with Crippen molar-refractivity contribution in [3.8, 4) is 0 Å². The zero-order chi connectivity index (χ0) is 11.0. The lowest BCUT2D eigenvalue weighted by Crippen LogP contribution is -2.09. The summed E-state index contributed by atoms with van der Waals surface area (Å²) in [5, 5.41) is 0. The number of hydrogen-bond acceptors (Lipinski definition) is 1. The molecule has 0 aliphatic carbocycles. The number of Topliss-reactive ketones (excluding diaryl/α,β-unsaturated/α-hetero) is 1. The highest BCUT2D eigenvalue weighted by atomic mass is 16.1. The summed E-state index contributed by atoms with van der Waals surface area (Å²) in [4.78, 5) is 10.9. The molecule has 1 heteroatoms. The Morgan fingerprint density at radius 2 is 1.71 bits per heavy atom. The van der Waals surface area contributed by atoms with Crippen molar-refractivity contribution in [3.05, 3.63) is 35.9 Å². The van der Waals surface area contributed by atoms with E-state index in [2.05, 4.69) is 12.1 Å². The van der Waals surface area contributed by atoms with Crippen LogP contribution in [0.15, 0.2) is 30.3 Å². The Kier molecular flexibility index (Phi) is 6.73. The van der Waals surface area contributed by atoms with E-state index >= 15 is 0 Å². The van der Waals surface area contributed by atoms with E-state index in [1.165, 1.54) is 5.56 Å². The Morgan fingerprint density at radius 1 is 1.21 bits per heavy atom. The van der Waals surface area contributed by atoms with Gasteiger partial charge < -0.3 is 0 Å². The molecular formula is C13H20O. The van der Waals surface area contributed by atoms with Gasteiger partial charge in [0.05, 0.1) is 0 Å². The van der Waals surface area contributed by atoms with Gasteiger partial charge in [-0.15, -0.1) is 0 Å². The molecule has 78 valence electrons. The number of ketones is 1. The summed E-state index contributed by atoms with van der Waals surface area (Å²) < 4.78 is 0. The van der Waals surface area contributed by atoms with E-state index in [4.69, 9.17) is 0 Å². The van der Waals surface area contributed by atoms with Crippen LogP contribution >= 0.6 is 0 Å². The normalized spacial score (nSPS) is 11.1. The zero-order valence-corrected chi connectivity index (χ0v) is 9.58. The smallest absolute Gasteiger partial charge is 0.132 e. The first-order valence-electron chi connectivity index (χ1n) is 5.24. The van der Waals surface area contributed by atoms with Crippen LogP contribution in [0.5, 0.6) is 0 Å². The summed E-state index contributed by atoms with van der Waals surface area (Å²) in [6, 6.07) is 10.1. The molecule has 0 bridgehead atoms. The first kappa shape index (κ1) is 12.9. The van der Waals surface area contributed by atoms with Crippen LogP contribution in [-0.4, -0.2) is 5.78 Å². The lowest BCUT2D eigenvalue weighted by atomic mass is 9.98. The average molecular weight is 192 g/mol. The van der Waals surface area contributed by atoms with Crippen molar-refractivity contribution in [1.82, 2.24) is 0 Å². The average Bonchev–Trinajstić information content (AvgIpc) is 2.22. The number of rotatable bonds is 3. The van der Waals surface area contributed by atoms with Gasteiger partial charge in [-0.3, -0.25) is 4.79 Å². The van der Waals surface area contributed by atoms with Crippen molar-refractivity contribution >= 4 is 5.78 Å². The molecule has 0 fully saturated rings. The summed E-state index contributed by atoms with van der Waals surface area (Å²) >= 11 is 0. The van der Waals surface area contributed by atoms with Crippen molar-refractivity contribution < 1.29 is 4.79 Å². The molecule has 0 N–H and O–H groups in total. The fourth-order valence-corrected chi connectivity index (χ4v) is 1.11. The van der Waals surface area contributed by atoms with Gasteiger partial charge in [0.15, 0.2) is 0 Å². The summed E-state index contributed by atoms with van der Waals surface area (Å²) in [6.07, 6.45) is 0.857. The third-order valence-corrected chi connectivity index (χ3v) is 2.08. The van der Waals surface area contributed by atoms with Crippen LogP contribution in [0.4, 0.5) is 0 Å². The summed E-state index contributed by atoms with van der Waals surface area (Å²) in [7, 11) is 0. The lowest BCUT2D eigenvalue weighted by Gasteiger charge is -2.06. The highest BCUT2D eigenvalue weighted by Crippen LogP contribution is 2.08. The van der Waals surface area contributed by atoms with Crippen molar-refractivity contribution in [2.45, 2.75) is 34.1 Å². The number of hydrogen-bond donors (Lipinski definition) is 0. The van der Waals surface area contributed by atoms with Gasteiger partial charge in [-0.25, -0.2) is 0 Å². The Hall–Kier alpha value is -1.11. The monoisotopic (exact) mass is 192 g/mol. The molecule has 14 heavy (non-hydrogen) atoms. The van der Waals surface area contributed by atoms with Crippen LogP contribution in [0, 0.1) is 5.92 Å². The highest BCUT2D eigenvalue weighted by molar-refractivity contribution is 5.78. The molecule has 0 heterocycles. The van der Waals surface area contributed by atoms with E-state index in [0.717, 1.165) is 6.42 Å². The van der Waals surface area contributed by atoms with Gasteiger partial charge in [-0.05, 0) is 18.9 Å². The molecule has 0 radical (unpaired) electrons. The first-order chi connectivity index (χ1) is 6.70. The third kappa shape index (κ3) is 4.80. The van der Waals surface area contributed by atoms with E-state index in [1.807, 2.05) is 39.0 Å². The van der Waals surface area contributed by atoms with E-state index < -0.39 is 0 Å². The van der Waals surface area contributed by atoms with Gasteiger partial charge in [0, 0.05) is 5.92 Å². The van der Waals surface area contributed by atoms with Crippen molar-refractivity contribution in [2.75, 3.05) is 0 Å². The van der Waals surface area contributed by atoms with Gasteiger partial charge in [-0.1, -0.05) is 51.1 Å². The predicted molar refractivity (Wildman–Crippen MR) is 61.3 cm³/mol. The Labute approximate surface area is 87.2 Å². The molecule has 1 rings (SSSR count). The third-order valence-electron chi connectivity index (χ3n) is 2.08. The summed E-state index contributed by atoms with van der Waals surface area (Å²) in [6.45, 7) is 7.61. The maximum absolute atomic E-state index is 10.9. The zero-order valence-electron chi connectivity index (χ0n) is 9.58. The highest BCUT2D eigenvalue weighted by Gasteiger charge is 2.07. The maximum Gasteiger partial charge on any atom is 0.132 e. The van der Waals surface area contributed by atoms with Crippen molar-refractivity contribution in [1.29, 1.82) is 0 Å². The quantitative estimate of drug-likeness (QED) is 0.716. The molecule has 1 aromatic carbocycles. The molecule has 0 amide bonds. The largest absolute Gasteiger partial charge is 0.300 e. The molecule has 0 aliphatic heterocycles. The summed E-state index contributed by atoms with van der Waals surface area (Å²) in [5.74, 6) is 0.409. The van der Waals surface area contributed by atoms with E-state index in [-0.39, 0.29) is 11.7 Å². The number of benzene rings is 1. The minimum absolute atomic E-state index is 0.146. The molecule has 0 saturated heterocycles. The van der Waals surface area contributed by atoms with Crippen LogP contribution in [0.2, 0.25) is 0 Å². The number of carbonyl (C=O) groups is 1. The van der Waals surface area contributed by atoms with Crippen LogP contribution in [0.25, 0.3) is 0 Å². The fraction of sp³-hybridized carbons (Fsp3) is 0.462. The second-order valence-electron chi connectivity index (χ2n) is 3.20. The second-order valence-corrected chi connectivity index (χ2v) is 3.20. The molecule has 0 spiro atoms. The van der Waals surface area contributed by atoms with Gasteiger partial charge >= 0.3 is 0 Å². The van der Waals surface area contributed by atoms with Crippen LogP contribution in [0.1, 0.15) is 33.3 Å². The van der Waals surface area contributed by atoms with Crippen LogP contribution in [-0.2, 0) is 11.2 Å². The maximum atomic E-state index is 10.9. The Morgan fingerprint density at radius 3 is 2.14 bits per heavy atom. The second kappa shape index (κ2) is 7.31. The number of carbonyl (C=O) groups excluding carboxylic acids is 1. The molecule has 0 saturated carbocycles. The van der Waals surface area contributed by atoms with E-state index in [1.54, 1.807) is 6.92 Å². The molecule has 0 unspecified atom stereocenters. The molecule has 1 atom stereocenters. The summed E-state index contributed by atoms with van der Waals surface area (Å²) in [5.41, 5.74) is 1.24. The predicted octanol–water partition coefficient (Wildman–Crippen LogP) is 3.48. The van der Waals surface area contributed by atoms with Gasteiger partial charge in [0.2, 0.25) is 0 Å². The molecular weight excluding hydrogens is 172 g/mol. The minimum Gasteiger partial charge on any atom is -0.300 e. The molecule has 0 aromatic heterocycles. The van der Waals surface area contributed by atoms with Gasteiger partial charge in [-0.2, -0.15) is 0 Å². The van der Waals surface area contributed by atoms with Crippen LogP contribution in [0.3, 0.4) is 0 Å². The SMILES string of the molecule is CC.CC(=O)[C@@H](C)Cc1ccccc1. The standard InChI is InChI=1S/C11H14O.C2H6/c1-9(10(2)12)8-11-6-4-3-5-7-11;1-2/h3-7,9H,8H2,1-2H3;1-2H3/t9-;/m0./s1. The Balaban J connectivity index is 0.000000791. The molecule has 1 aromatic rings. The topological polar surface area (TPSA) is 17.1 Å². The van der Waals surface area contributed by atoms with Gasteiger partial charge in [0.1, 0.15) is 5.78 Å². The van der Waals surface area contributed by atoms with Crippen molar-refractivity contribution in [2.24, 2.45) is 5.92 Å². The molecule has 0 aliphatic rings. The van der Waals surface area contributed by atoms with Crippen molar-refractivity contribution in [3.63, 3.8) is 0 Å². The van der Waals surface area contributed by atoms with E-state index in [0.29, 0.717) is 0 Å². The van der Waals surface area contributed by atoms with Crippen LogP contribution < -0.4 is 0 Å². The van der Waals surface area contributed by atoms with Gasteiger partial charge in [0.25, 0.3) is 0 Å². The minimum atomic E-state index is 0.146.